The topological polar surface area (TPSA) is 86.3 Å². The summed E-state index contributed by atoms with van der Waals surface area (Å²) < 4.78 is 12.4. The van der Waals surface area contributed by atoms with Gasteiger partial charge in [-0.2, -0.15) is 0 Å². The van der Waals surface area contributed by atoms with Crippen LogP contribution >= 0.6 is 0 Å². The number of aromatic nitrogens is 4. The Morgan fingerprint density at radius 3 is 3.00 bits per heavy atom. The van der Waals surface area contributed by atoms with Gasteiger partial charge in [-0.1, -0.05) is 5.21 Å². The molecule has 0 aromatic carbocycles. The van der Waals surface area contributed by atoms with E-state index in [4.69, 9.17) is 9.15 Å². The number of rotatable bonds is 5. The van der Waals surface area contributed by atoms with Gasteiger partial charge in [0.2, 0.25) is 0 Å². The summed E-state index contributed by atoms with van der Waals surface area (Å²) in [6.07, 6.45) is 9.05. The van der Waals surface area contributed by atoms with Crippen molar-refractivity contribution in [3.63, 3.8) is 0 Å². The van der Waals surface area contributed by atoms with Gasteiger partial charge in [0.1, 0.15) is 24.3 Å². The van der Waals surface area contributed by atoms with E-state index in [1.54, 1.807) is 30.6 Å². The van der Waals surface area contributed by atoms with Crippen LogP contribution in [0.15, 0.2) is 53.7 Å². The van der Waals surface area contributed by atoms with Crippen LogP contribution in [0.1, 0.15) is 28.5 Å². The molecule has 1 unspecified atom stereocenters. The van der Waals surface area contributed by atoms with Gasteiger partial charge in [0, 0.05) is 25.5 Å². The Balaban J connectivity index is 1.35. The van der Waals surface area contributed by atoms with Crippen LogP contribution in [0.25, 0.3) is 0 Å². The van der Waals surface area contributed by atoms with Crippen molar-refractivity contribution < 1.29 is 13.9 Å². The van der Waals surface area contributed by atoms with Gasteiger partial charge in [-0.05, 0) is 24.6 Å². The first-order valence-electron chi connectivity index (χ1n) is 8.04. The third kappa shape index (κ3) is 3.37. The number of likely N-dealkylation sites (tertiary alicyclic amines) is 1. The zero-order valence-electron chi connectivity index (χ0n) is 13.5. The summed E-state index contributed by atoms with van der Waals surface area (Å²) in [5.41, 5.74) is 1.32. The zero-order valence-corrected chi connectivity index (χ0v) is 13.5. The minimum atomic E-state index is -0.0161. The molecule has 1 atom stereocenters. The molecule has 128 valence electrons. The van der Waals surface area contributed by atoms with Crippen LogP contribution in [0.3, 0.4) is 0 Å². The van der Waals surface area contributed by atoms with Gasteiger partial charge in [-0.15, -0.1) is 5.10 Å². The Labute approximate surface area is 144 Å². The van der Waals surface area contributed by atoms with Crippen molar-refractivity contribution in [2.24, 2.45) is 0 Å². The summed E-state index contributed by atoms with van der Waals surface area (Å²) in [7, 11) is 0. The molecule has 0 saturated carbocycles. The lowest BCUT2D eigenvalue weighted by Gasteiger charge is -2.15. The van der Waals surface area contributed by atoms with Gasteiger partial charge in [0.15, 0.2) is 0 Å². The predicted octanol–water partition coefficient (Wildman–Crippen LogP) is 1.93. The van der Waals surface area contributed by atoms with Crippen LogP contribution in [0.4, 0.5) is 0 Å². The number of nitrogens with zero attached hydrogens (tertiary/aromatic N) is 5. The van der Waals surface area contributed by atoms with E-state index in [9.17, 15) is 4.79 Å². The van der Waals surface area contributed by atoms with E-state index >= 15 is 0 Å². The van der Waals surface area contributed by atoms with E-state index in [1.165, 1.54) is 12.5 Å². The van der Waals surface area contributed by atoms with Crippen molar-refractivity contribution in [3.8, 4) is 5.75 Å². The van der Waals surface area contributed by atoms with Crippen molar-refractivity contribution >= 4 is 5.91 Å². The Morgan fingerprint density at radius 1 is 1.32 bits per heavy atom. The highest BCUT2D eigenvalue weighted by Crippen LogP contribution is 2.23. The first-order chi connectivity index (χ1) is 12.3. The monoisotopic (exact) mass is 339 g/mol. The molecule has 3 aromatic heterocycles. The average Bonchev–Trinajstić information content (AvgIpc) is 3.41. The van der Waals surface area contributed by atoms with Crippen molar-refractivity contribution in [1.82, 2.24) is 24.9 Å². The number of carbonyl (C=O) groups excluding carboxylic acids is 1. The molecule has 3 aromatic rings. The van der Waals surface area contributed by atoms with E-state index in [0.29, 0.717) is 25.3 Å². The summed E-state index contributed by atoms with van der Waals surface area (Å²) in [5.74, 6) is 0.722. The summed E-state index contributed by atoms with van der Waals surface area (Å²) in [4.78, 5) is 18.1. The molecule has 8 heteroatoms. The van der Waals surface area contributed by atoms with Crippen molar-refractivity contribution in [3.05, 3.63) is 60.6 Å². The normalized spacial score (nSPS) is 17.0. The minimum absolute atomic E-state index is 0.0161. The smallest absolute Gasteiger partial charge is 0.257 e. The Kier molecular flexibility index (Phi) is 4.16. The van der Waals surface area contributed by atoms with Crippen LogP contribution in [0.5, 0.6) is 5.75 Å². The van der Waals surface area contributed by atoms with Gasteiger partial charge in [-0.3, -0.25) is 9.78 Å². The fraction of sp³-hybridized carbons (Fsp3) is 0.294. The van der Waals surface area contributed by atoms with E-state index in [2.05, 4.69) is 15.3 Å². The fourth-order valence-corrected chi connectivity index (χ4v) is 2.86. The Bertz CT molecular complexity index is 831. The van der Waals surface area contributed by atoms with Crippen molar-refractivity contribution in [2.45, 2.75) is 19.1 Å². The lowest BCUT2D eigenvalue weighted by Crippen LogP contribution is -2.28. The molecule has 0 aliphatic carbocycles. The number of pyridine rings is 1. The number of ether oxygens (including phenoxy) is 1. The Hall–Kier alpha value is -3.16. The van der Waals surface area contributed by atoms with Gasteiger partial charge in [0.25, 0.3) is 5.91 Å². The van der Waals surface area contributed by atoms with Crippen molar-refractivity contribution in [2.75, 3.05) is 13.1 Å². The molecule has 8 nitrogen and oxygen atoms in total. The Morgan fingerprint density at radius 2 is 2.20 bits per heavy atom. The van der Waals surface area contributed by atoms with Crippen LogP contribution in [-0.4, -0.2) is 43.9 Å². The molecule has 1 aliphatic heterocycles. The highest BCUT2D eigenvalue weighted by Gasteiger charge is 2.29. The second-order valence-electron chi connectivity index (χ2n) is 5.87. The molecule has 1 saturated heterocycles. The number of hydrogen-bond donors (Lipinski definition) is 0. The van der Waals surface area contributed by atoms with Gasteiger partial charge >= 0.3 is 0 Å². The number of carbonyl (C=O) groups is 1. The molecule has 4 rings (SSSR count). The van der Waals surface area contributed by atoms with Gasteiger partial charge in [0.05, 0.1) is 24.1 Å². The molecule has 0 spiro atoms. The standard InChI is InChI=1S/C17H17N5O3/c23-17(13-4-8-24-11-13)21-7-3-15(10-21)22-9-14(19-20-22)12-25-16-1-5-18-6-2-16/h1-2,4-6,8-9,11,15H,3,7,10,12H2. The average molecular weight is 339 g/mol. The summed E-state index contributed by atoms with van der Waals surface area (Å²) in [6, 6.07) is 5.39. The summed E-state index contributed by atoms with van der Waals surface area (Å²) in [5, 5.41) is 8.33. The van der Waals surface area contributed by atoms with Crippen LogP contribution in [0.2, 0.25) is 0 Å². The second-order valence-corrected chi connectivity index (χ2v) is 5.87. The maximum atomic E-state index is 12.3. The minimum Gasteiger partial charge on any atom is -0.487 e. The molecular formula is C17H17N5O3. The third-order valence-electron chi connectivity index (χ3n) is 4.19. The molecule has 1 aliphatic rings. The zero-order chi connectivity index (χ0) is 17.1. The maximum absolute atomic E-state index is 12.3. The van der Waals surface area contributed by atoms with E-state index in [1.807, 2.05) is 15.8 Å². The first kappa shape index (κ1) is 15.4. The van der Waals surface area contributed by atoms with Crippen LogP contribution in [0, 0.1) is 0 Å². The molecule has 0 bridgehead atoms. The molecule has 25 heavy (non-hydrogen) atoms. The third-order valence-corrected chi connectivity index (χ3v) is 4.19. The lowest BCUT2D eigenvalue weighted by atomic mass is 10.3. The van der Waals surface area contributed by atoms with Gasteiger partial charge < -0.3 is 14.1 Å². The molecule has 0 radical (unpaired) electrons. The van der Waals surface area contributed by atoms with E-state index < -0.39 is 0 Å². The summed E-state index contributed by atoms with van der Waals surface area (Å²) in [6.45, 7) is 1.64. The predicted molar refractivity (Wildman–Crippen MR) is 86.9 cm³/mol. The highest BCUT2D eigenvalue weighted by molar-refractivity contribution is 5.94. The fourth-order valence-electron chi connectivity index (χ4n) is 2.86. The molecular weight excluding hydrogens is 322 g/mol. The second kappa shape index (κ2) is 6.76. The van der Waals surface area contributed by atoms with Gasteiger partial charge in [-0.25, -0.2) is 4.68 Å². The van der Waals surface area contributed by atoms with Crippen LogP contribution < -0.4 is 4.74 Å². The quantitative estimate of drug-likeness (QED) is 0.706. The molecule has 1 fully saturated rings. The molecule has 1 amide bonds. The molecule has 4 heterocycles. The summed E-state index contributed by atoms with van der Waals surface area (Å²) >= 11 is 0. The van der Waals surface area contributed by atoms with Crippen molar-refractivity contribution in [1.29, 1.82) is 0 Å². The highest BCUT2D eigenvalue weighted by atomic mass is 16.5. The van der Waals surface area contributed by atoms with E-state index in [0.717, 1.165) is 17.9 Å². The lowest BCUT2D eigenvalue weighted by molar-refractivity contribution is 0.0786. The molecule has 0 N–H and O–H groups in total. The number of furan rings is 1. The SMILES string of the molecule is O=C(c1ccoc1)N1CCC(n2cc(COc3ccncc3)nn2)C1. The maximum Gasteiger partial charge on any atom is 0.257 e. The number of hydrogen-bond acceptors (Lipinski definition) is 6. The first-order valence-corrected chi connectivity index (χ1v) is 8.04. The number of amides is 1. The largest absolute Gasteiger partial charge is 0.487 e. The van der Waals surface area contributed by atoms with Crippen LogP contribution in [-0.2, 0) is 6.61 Å². The van der Waals surface area contributed by atoms with E-state index in [-0.39, 0.29) is 11.9 Å².